The minimum Gasteiger partial charge on any atom is -0.465 e. The van der Waals surface area contributed by atoms with Gasteiger partial charge in [0, 0.05) is 32.4 Å². The number of carbonyl (C=O) groups is 2. The summed E-state index contributed by atoms with van der Waals surface area (Å²) >= 11 is 0. The molecule has 130 valence electrons. The predicted molar refractivity (Wildman–Crippen MR) is 94.5 cm³/mol. The topological polar surface area (TPSA) is 88.8 Å². The minimum absolute atomic E-state index is 0.172. The highest BCUT2D eigenvalue weighted by Gasteiger charge is 2.26. The smallest absolute Gasteiger partial charge is 0.338 e. The van der Waals surface area contributed by atoms with E-state index in [2.05, 4.69) is 9.88 Å². The van der Waals surface area contributed by atoms with E-state index in [-0.39, 0.29) is 11.5 Å². The van der Waals surface area contributed by atoms with Crippen LogP contribution in [-0.4, -0.2) is 55.0 Å². The molecular weight excluding hydrogens is 320 g/mol. The third-order valence-electron chi connectivity index (χ3n) is 4.25. The molecule has 2 heterocycles. The van der Waals surface area contributed by atoms with E-state index in [0.717, 1.165) is 5.82 Å². The normalized spacial score (nSPS) is 14.3. The molecule has 0 radical (unpaired) electrons. The Morgan fingerprint density at radius 1 is 1.04 bits per heavy atom. The molecule has 2 N–H and O–H groups in total. The van der Waals surface area contributed by atoms with Crippen LogP contribution in [0.2, 0.25) is 0 Å². The fourth-order valence-corrected chi connectivity index (χ4v) is 2.92. The zero-order chi connectivity index (χ0) is 17.8. The fraction of sp³-hybridized carbons (Fsp3) is 0.278. The van der Waals surface area contributed by atoms with Crippen LogP contribution in [0.25, 0.3) is 0 Å². The van der Waals surface area contributed by atoms with Gasteiger partial charge in [0.1, 0.15) is 0 Å². The average Bonchev–Trinajstić information content (AvgIpc) is 2.67. The Balaban J connectivity index is 1.73. The molecule has 3 rings (SSSR count). The number of carbonyl (C=O) groups excluding carboxylic acids is 2. The lowest BCUT2D eigenvalue weighted by Crippen LogP contribution is -2.49. The average molecular weight is 340 g/mol. The van der Waals surface area contributed by atoms with Gasteiger partial charge < -0.3 is 20.3 Å². The quantitative estimate of drug-likeness (QED) is 0.850. The molecule has 25 heavy (non-hydrogen) atoms. The summed E-state index contributed by atoms with van der Waals surface area (Å²) in [6.07, 6.45) is 1.70. The molecule has 0 bridgehead atoms. The van der Waals surface area contributed by atoms with Crippen molar-refractivity contribution in [2.24, 2.45) is 0 Å². The molecule has 0 atom stereocenters. The molecule has 0 saturated carbocycles. The summed E-state index contributed by atoms with van der Waals surface area (Å²) in [5, 5.41) is 0. The van der Waals surface area contributed by atoms with Gasteiger partial charge in [-0.2, -0.15) is 0 Å². The van der Waals surface area contributed by atoms with Crippen LogP contribution in [0.5, 0.6) is 0 Å². The van der Waals surface area contributed by atoms with E-state index in [1.54, 1.807) is 41.4 Å². The number of nitrogens with two attached hydrogens (primary N) is 1. The molecule has 1 saturated heterocycles. The summed E-state index contributed by atoms with van der Waals surface area (Å²) in [6, 6.07) is 10.3. The lowest BCUT2D eigenvalue weighted by atomic mass is 10.1. The maximum absolute atomic E-state index is 12.8. The van der Waals surface area contributed by atoms with Gasteiger partial charge in [0.15, 0.2) is 5.82 Å². The van der Waals surface area contributed by atoms with Gasteiger partial charge in [-0.3, -0.25) is 4.79 Å². The van der Waals surface area contributed by atoms with Gasteiger partial charge in [0.25, 0.3) is 5.91 Å². The van der Waals surface area contributed by atoms with Gasteiger partial charge in [0.2, 0.25) is 0 Å². The first-order chi connectivity index (χ1) is 12.1. The van der Waals surface area contributed by atoms with E-state index >= 15 is 0 Å². The Labute approximate surface area is 146 Å². The Morgan fingerprint density at radius 3 is 2.36 bits per heavy atom. The predicted octanol–water partition coefficient (Wildman–Crippen LogP) is 1.41. The SMILES string of the molecule is COC(=O)c1ccccc1C(=O)N1CCN(c2ncccc2N)CC1. The molecule has 0 spiro atoms. The summed E-state index contributed by atoms with van der Waals surface area (Å²) in [5.74, 6) is 0.0584. The summed E-state index contributed by atoms with van der Waals surface area (Å²) in [7, 11) is 1.31. The number of ether oxygens (including phenoxy) is 1. The molecule has 1 aliphatic heterocycles. The number of pyridine rings is 1. The van der Waals surface area contributed by atoms with Gasteiger partial charge in [-0.25, -0.2) is 9.78 Å². The van der Waals surface area contributed by atoms with Crippen LogP contribution in [-0.2, 0) is 4.74 Å². The molecule has 1 aliphatic rings. The first-order valence-corrected chi connectivity index (χ1v) is 8.04. The van der Waals surface area contributed by atoms with Crippen molar-refractivity contribution in [1.29, 1.82) is 0 Å². The monoisotopic (exact) mass is 340 g/mol. The van der Waals surface area contributed by atoms with E-state index < -0.39 is 5.97 Å². The molecule has 1 fully saturated rings. The fourth-order valence-electron chi connectivity index (χ4n) is 2.92. The van der Waals surface area contributed by atoms with Crippen molar-refractivity contribution in [2.75, 3.05) is 43.9 Å². The van der Waals surface area contributed by atoms with Crippen molar-refractivity contribution in [3.05, 3.63) is 53.7 Å². The molecule has 1 aromatic heterocycles. The number of nitrogen functional groups attached to an aromatic ring is 1. The van der Waals surface area contributed by atoms with E-state index in [4.69, 9.17) is 10.5 Å². The second-order valence-corrected chi connectivity index (χ2v) is 5.73. The number of aromatic nitrogens is 1. The maximum atomic E-state index is 12.8. The molecule has 2 aromatic rings. The van der Waals surface area contributed by atoms with Crippen molar-refractivity contribution in [3.8, 4) is 0 Å². The zero-order valence-corrected chi connectivity index (χ0v) is 14.0. The standard InChI is InChI=1S/C18H20N4O3/c1-25-18(24)14-6-3-2-5-13(14)17(23)22-11-9-21(10-12-22)16-15(19)7-4-8-20-16/h2-8H,9-12,19H2,1H3. The van der Waals surface area contributed by atoms with Crippen LogP contribution in [0, 0.1) is 0 Å². The number of esters is 1. The number of hydrogen-bond donors (Lipinski definition) is 1. The van der Waals surface area contributed by atoms with Crippen molar-refractivity contribution in [3.63, 3.8) is 0 Å². The number of anilines is 2. The summed E-state index contributed by atoms with van der Waals surface area (Å²) in [4.78, 5) is 32.8. The Hall–Kier alpha value is -3.09. The van der Waals surface area contributed by atoms with Crippen LogP contribution >= 0.6 is 0 Å². The molecular formula is C18H20N4O3. The highest BCUT2D eigenvalue weighted by Crippen LogP contribution is 2.21. The van der Waals surface area contributed by atoms with Crippen LogP contribution in [0.4, 0.5) is 11.5 Å². The van der Waals surface area contributed by atoms with Gasteiger partial charge >= 0.3 is 5.97 Å². The van der Waals surface area contributed by atoms with Crippen LogP contribution in [0.15, 0.2) is 42.6 Å². The number of nitrogens with zero attached hydrogens (tertiary/aromatic N) is 3. The molecule has 7 nitrogen and oxygen atoms in total. The second kappa shape index (κ2) is 7.21. The van der Waals surface area contributed by atoms with Gasteiger partial charge in [0.05, 0.1) is 23.9 Å². The Kier molecular flexibility index (Phi) is 4.83. The van der Waals surface area contributed by atoms with E-state index in [1.165, 1.54) is 7.11 Å². The van der Waals surface area contributed by atoms with Crippen molar-refractivity contribution in [2.45, 2.75) is 0 Å². The van der Waals surface area contributed by atoms with Crippen molar-refractivity contribution >= 4 is 23.4 Å². The molecule has 7 heteroatoms. The van der Waals surface area contributed by atoms with Gasteiger partial charge in [-0.1, -0.05) is 12.1 Å². The Bertz CT molecular complexity index is 785. The zero-order valence-electron chi connectivity index (χ0n) is 14.0. The summed E-state index contributed by atoms with van der Waals surface area (Å²) in [6.45, 7) is 2.33. The maximum Gasteiger partial charge on any atom is 0.338 e. The van der Waals surface area contributed by atoms with Crippen LogP contribution in [0.1, 0.15) is 20.7 Å². The number of amides is 1. The van der Waals surface area contributed by atoms with E-state index in [0.29, 0.717) is 37.4 Å². The minimum atomic E-state index is -0.510. The molecule has 1 amide bonds. The van der Waals surface area contributed by atoms with Gasteiger partial charge in [-0.05, 0) is 24.3 Å². The van der Waals surface area contributed by atoms with Crippen molar-refractivity contribution < 1.29 is 14.3 Å². The second-order valence-electron chi connectivity index (χ2n) is 5.73. The highest BCUT2D eigenvalue weighted by molar-refractivity contribution is 6.05. The summed E-state index contributed by atoms with van der Waals surface area (Å²) in [5.41, 5.74) is 7.24. The molecule has 0 unspecified atom stereocenters. The number of piperazine rings is 1. The number of methoxy groups -OCH3 is 1. The van der Waals surface area contributed by atoms with Crippen molar-refractivity contribution in [1.82, 2.24) is 9.88 Å². The van der Waals surface area contributed by atoms with E-state index in [9.17, 15) is 9.59 Å². The lowest BCUT2D eigenvalue weighted by molar-refractivity contribution is 0.0589. The molecule has 1 aromatic carbocycles. The number of rotatable bonds is 3. The van der Waals surface area contributed by atoms with Crippen LogP contribution < -0.4 is 10.6 Å². The highest BCUT2D eigenvalue weighted by atomic mass is 16.5. The largest absolute Gasteiger partial charge is 0.465 e. The molecule has 0 aliphatic carbocycles. The first kappa shape index (κ1) is 16.8. The lowest BCUT2D eigenvalue weighted by Gasteiger charge is -2.36. The first-order valence-electron chi connectivity index (χ1n) is 8.04. The van der Waals surface area contributed by atoms with E-state index in [1.807, 2.05) is 6.07 Å². The third kappa shape index (κ3) is 3.40. The summed E-state index contributed by atoms with van der Waals surface area (Å²) < 4.78 is 4.76. The Morgan fingerprint density at radius 2 is 1.72 bits per heavy atom. The third-order valence-corrected chi connectivity index (χ3v) is 4.25. The van der Waals surface area contributed by atoms with Gasteiger partial charge in [-0.15, -0.1) is 0 Å². The number of benzene rings is 1. The number of hydrogen-bond acceptors (Lipinski definition) is 6. The van der Waals surface area contributed by atoms with Crippen LogP contribution in [0.3, 0.4) is 0 Å².